The Kier molecular flexibility index (Phi) is 4.95. The zero-order valence-electron chi connectivity index (χ0n) is 10.8. The van der Waals surface area contributed by atoms with Crippen molar-refractivity contribution in [1.29, 1.82) is 0 Å². The van der Waals surface area contributed by atoms with E-state index in [1.54, 1.807) is 0 Å². The molecule has 6 N–H and O–H groups in total. The largest absolute Gasteiger partial charge is 0.388 e. The fraction of sp³-hybridized carbons (Fsp3) is 1.00. The smallest absolute Gasteiger partial charge is 0.186 e. The van der Waals surface area contributed by atoms with Crippen molar-refractivity contribution in [3.8, 4) is 0 Å². The molecule has 20 heavy (non-hydrogen) atoms. The van der Waals surface area contributed by atoms with Gasteiger partial charge in [-0.05, 0) is 6.92 Å². The van der Waals surface area contributed by atoms with E-state index in [1.165, 1.54) is 6.92 Å². The van der Waals surface area contributed by atoms with E-state index in [1.807, 2.05) is 0 Å². The van der Waals surface area contributed by atoms with Crippen LogP contribution in [0.25, 0.3) is 0 Å². The number of ether oxygens (including phenoxy) is 3. The second kappa shape index (κ2) is 6.18. The van der Waals surface area contributed by atoms with Gasteiger partial charge in [-0.25, -0.2) is 0 Å². The van der Waals surface area contributed by atoms with E-state index in [0.29, 0.717) is 0 Å². The molecule has 9 nitrogen and oxygen atoms in total. The van der Waals surface area contributed by atoms with Gasteiger partial charge in [0.15, 0.2) is 12.6 Å². The van der Waals surface area contributed by atoms with Gasteiger partial charge < -0.3 is 44.8 Å². The highest BCUT2D eigenvalue weighted by molar-refractivity contribution is 4.90. The molecule has 2 heterocycles. The maximum atomic E-state index is 9.89. The zero-order valence-corrected chi connectivity index (χ0v) is 10.8. The Morgan fingerprint density at radius 3 is 2.20 bits per heavy atom. The number of hydrogen-bond donors (Lipinski definition) is 6. The van der Waals surface area contributed by atoms with Crippen LogP contribution in [0, 0.1) is 0 Å². The van der Waals surface area contributed by atoms with Gasteiger partial charge in [0.2, 0.25) is 0 Å². The predicted molar refractivity (Wildman–Crippen MR) is 61.2 cm³/mol. The molecule has 0 bridgehead atoms. The Labute approximate surface area is 114 Å². The van der Waals surface area contributed by atoms with Crippen molar-refractivity contribution in [3.63, 3.8) is 0 Å². The molecule has 0 radical (unpaired) electrons. The molecule has 0 saturated carbocycles. The summed E-state index contributed by atoms with van der Waals surface area (Å²) in [4.78, 5) is 0. The summed E-state index contributed by atoms with van der Waals surface area (Å²) < 4.78 is 15.1. The van der Waals surface area contributed by atoms with E-state index in [2.05, 4.69) is 0 Å². The number of aliphatic hydroxyl groups is 6. The van der Waals surface area contributed by atoms with Crippen molar-refractivity contribution >= 4 is 0 Å². The first-order valence-electron chi connectivity index (χ1n) is 6.34. The molecule has 2 saturated heterocycles. The predicted octanol–water partition coefficient (Wildman–Crippen LogP) is -3.73. The van der Waals surface area contributed by atoms with Gasteiger partial charge in [0.25, 0.3) is 0 Å². The lowest BCUT2D eigenvalue weighted by Crippen LogP contribution is -2.61. The van der Waals surface area contributed by atoms with Crippen LogP contribution < -0.4 is 0 Å². The molecule has 9 heteroatoms. The summed E-state index contributed by atoms with van der Waals surface area (Å²) in [6, 6.07) is 0. The molecule has 2 aliphatic rings. The second-order valence-corrected chi connectivity index (χ2v) is 5.06. The monoisotopic (exact) mass is 296 g/mol. The topological polar surface area (TPSA) is 149 Å². The summed E-state index contributed by atoms with van der Waals surface area (Å²) in [6.45, 7) is 1.21. The van der Waals surface area contributed by atoms with Crippen LogP contribution in [0.15, 0.2) is 0 Å². The van der Waals surface area contributed by atoms with Crippen LogP contribution in [0.2, 0.25) is 0 Å². The first-order chi connectivity index (χ1) is 9.32. The SMILES string of the molecule is C[C@H]1O[C@@H](O)[C@H](O)[C@@H](O[C@@H]2OC[C@@H](O)[C@H](O)[C@H]2O)[C@H]1O. The van der Waals surface area contributed by atoms with Gasteiger partial charge in [-0.15, -0.1) is 0 Å². The van der Waals surface area contributed by atoms with E-state index in [-0.39, 0.29) is 6.61 Å². The van der Waals surface area contributed by atoms with Crippen LogP contribution in [0.4, 0.5) is 0 Å². The number of rotatable bonds is 2. The average Bonchev–Trinajstić information content (AvgIpc) is 2.41. The third kappa shape index (κ3) is 2.96. The van der Waals surface area contributed by atoms with Gasteiger partial charge >= 0.3 is 0 Å². The maximum absolute atomic E-state index is 9.89. The average molecular weight is 296 g/mol. The van der Waals surface area contributed by atoms with Crippen LogP contribution in [0.5, 0.6) is 0 Å². The van der Waals surface area contributed by atoms with Crippen LogP contribution in [-0.4, -0.2) is 92.6 Å². The summed E-state index contributed by atoms with van der Waals surface area (Å²) in [7, 11) is 0. The van der Waals surface area contributed by atoms with E-state index in [4.69, 9.17) is 14.2 Å². The molecule has 0 aromatic rings. The summed E-state index contributed by atoms with van der Waals surface area (Å²) >= 11 is 0. The Hall–Kier alpha value is -0.360. The Morgan fingerprint density at radius 1 is 0.900 bits per heavy atom. The summed E-state index contributed by atoms with van der Waals surface area (Å²) in [6.07, 6.45) is -12.0. The van der Waals surface area contributed by atoms with Crippen molar-refractivity contribution in [1.82, 2.24) is 0 Å². The van der Waals surface area contributed by atoms with Crippen molar-refractivity contribution in [2.24, 2.45) is 0 Å². The summed E-state index contributed by atoms with van der Waals surface area (Å²) in [5.74, 6) is 0. The summed E-state index contributed by atoms with van der Waals surface area (Å²) in [5, 5.41) is 57.7. The zero-order chi connectivity index (χ0) is 15.0. The molecule has 118 valence electrons. The van der Waals surface area contributed by atoms with E-state index in [0.717, 1.165) is 0 Å². The van der Waals surface area contributed by atoms with Gasteiger partial charge in [0.1, 0.15) is 36.6 Å². The first-order valence-corrected chi connectivity index (χ1v) is 6.34. The lowest BCUT2D eigenvalue weighted by molar-refractivity contribution is -0.339. The third-order valence-electron chi connectivity index (χ3n) is 3.55. The van der Waals surface area contributed by atoms with E-state index >= 15 is 0 Å². The van der Waals surface area contributed by atoms with Crippen molar-refractivity contribution < 1.29 is 44.8 Å². The van der Waals surface area contributed by atoms with Crippen LogP contribution in [-0.2, 0) is 14.2 Å². The minimum Gasteiger partial charge on any atom is -0.388 e. The lowest BCUT2D eigenvalue weighted by Gasteiger charge is -2.43. The standard InChI is InChI=1S/C11H20O9/c1-3-5(13)9(8(16)10(17)19-3)20-11-7(15)6(14)4(12)2-18-11/h3-17H,2H2,1H3/t3-,4-,5+,6+,7-,8-,9+,10-,11+/m1/s1. The second-order valence-electron chi connectivity index (χ2n) is 5.06. The molecule has 2 aliphatic heterocycles. The van der Waals surface area contributed by atoms with Crippen LogP contribution in [0.3, 0.4) is 0 Å². The molecule has 0 aromatic heterocycles. The highest BCUT2D eigenvalue weighted by Crippen LogP contribution is 2.26. The van der Waals surface area contributed by atoms with Gasteiger partial charge in [-0.1, -0.05) is 0 Å². The highest BCUT2D eigenvalue weighted by atomic mass is 16.7. The molecular weight excluding hydrogens is 276 g/mol. The van der Waals surface area contributed by atoms with Gasteiger partial charge in [-0.3, -0.25) is 0 Å². The quantitative estimate of drug-likeness (QED) is 0.302. The Balaban J connectivity index is 2.04. The minimum absolute atomic E-state index is 0.267. The molecule has 0 aromatic carbocycles. The van der Waals surface area contributed by atoms with E-state index in [9.17, 15) is 30.6 Å². The van der Waals surface area contributed by atoms with Gasteiger partial charge in [0.05, 0.1) is 12.7 Å². The van der Waals surface area contributed by atoms with Crippen LogP contribution in [0.1, 0.15) is 6.92 Å². The molecule has 2 rings (SSSR count). The molecule has 0 aliphatic carbocycles. The molecule has 0 spiro atoms. The maximum Gasteiger partial charge on any atom is 0.186 e. The Bertz CT molecular complexity index is 313. The van der Waals surface area contributed by atoms with Crippen LogP contribution >= 0.6 is 0 Å². The number of aliphatic hydroxyl groups excluding tert-OH is 6. The van der Waals surface area contributed by atoms with Crippen molar-refractivity contribution in [2.75, 3.05) is 6.61 Å². The molecule has 9 atom stereocenters. The van der Waals surface area contributed by atoms with Gasteiger partial charge in [0, 0.05) is 0 Å². The van der Waals surface area contributed by atoms with Gasteiger partial charge in [-0.2, -0.15) is 0 Å². The molecule has 0 unspecified atom stereocenters. The highest BCUT2D eigenvalue weighted by Gasteiger charge is 2.47. The number of hydrogen-bond acceptors (Lipinski definition) is 9. The fourth-order valence-electron chi connectivity index (χ4n) is 2.23. The first kappa shape index (κ1) is 16.0. The van der Waals surface area contributed by atoms with Crippen molar-refractivity contribution in [2.45, 2.75) is 62.2 Å². The molecule has 2 fully saturated rings. The van der Waals surface area contributed by atoms with Crippen molar-refractivity contribution in [3.05, 3.63) is 0 Å². The minimum atomic E-state index is -1.55. The normalized spacial score (nSPS) is 53.9. The molecule has 0 amide bonds. The third-order valence-corrected chi connectivity index (χ3v) is 3.55. The lowest BCUT2D eigenvalue weighted by atomic mass is 9.99. The molecular formula is C11H20O9. The fourth-order valence-corrected chi connectivity index (χ4v) is 2.23. The Morgan fingerprint density at radius 2 is 1.55 bits per heavy atom. The van der Waals surface area contributed by atoms with E-state index < -0.39 is 55.3 Å². The summed E-state index contributed by atoms with van der Waals surface area (Å²) in [5.41, 5.74) is 0.